The van der Waals surface area contributed by atoms with Gasteiger partial charge in [0.1, 0.15) is 5.82 Å². The van der Waals surface area contributed by atoms with Crippen molar-refractivity contribution in [2.45, 2.75) is 13.1 Å². The highest BCUT2D eigenvalue weighted by Crippen LogP contribution is 2.16. The Hall–Kier alpha value is -1.79. The molecular weight excluding hydrogens is 242 g/mol. The van der Waals surface area contributed by atoms with Crippen LogP contribution in [0.2, 0.25) is 0 Å². The Labute approximate surface area is 94.4 Å². The Morgan fingerprint density at radius 1 is 1.41 bits per heavy atom. The summed E-state index contributed by atoms with van der Waals surface area (Å²) < 4.78 is 51.9. The zero-order chi connectivity index (χ0) is 13.1. The van der Waals surface area contributed by atoms with E-state index in [4.69, 9.17) is 0 Å². The molecule has 0 fully saturated rings. The van der Waals surface area contributed by atoms with E-state index in [1.165, 1.54) is 19.1 Å². The molecule has 1 aromatic rings. The van der Waals surface area contributed by atoms with E-state index in [1.807, 2.05) is 0 Å². The lowest BCUT2D eigenvalue weighted by atomic mass is 10.2. The van der Waals surface area contributed by atoms with Gasteiger partial charge in [-0.25, -0.2) is 9.18 Å². The quantitative estimate of drug-likeness (QED) is 0.819. The summed E-state index contributed by atoms with van der Waals surface area (Å²) in [5, 5.41) is 2.05. The van der Waals surface area contributed by atoms with Crippen LogP contribution in [0.4, 0.5) is 28.0 Å². The smallest absolute Gasteiger partial charge is 0.422 e. The van der Waals surface area contributed by atoms with Crippen molar-refractivity contribution in [2.75, 3.05) is 11.9 Å². The van der Waals surface area contributed by atoms with Crippen LogP contribution in [0.1, 0.15) is 5.56 Å². The zero-order valence-electron chi connectivity index (χ0n) is 8.77. The number of halogens is 4. The van der Waals surface area contributed by atoms with E-state index in [1.54, 1.807) is 0 Å². The van der Waals surface area contributed by atoms with Crippen LogP contribution in [0.15, 0.2) is 18.2 Å². The Morgan fingerprint density at radius 2 is 2.06 bits per heavy atom. The van der Waals surface area contributed by atoms with Crippen LogP contribution >= 0.6 is 0 Å². The van der Waals surface area contributed by atoms with Crippen molar-refractivity contribution in [1.82, 2.24) is 0 Å². The molecule has 0 aliphatic carbocycles. The molecule has 0 spiro atoms. The van der Waals surface area contributed by atoms with Gasteiger partial charge >= 0.3 is 12.3 Å². The number of rotatable bonds is 2. The Morgan fingerprint density at radius 3 is 2.59 bits per heavy atom. The molecule has 0 radical (unpaired) electrons. The molecule has 94 valence electrons. The van der Waals surface area contributed by atoms with Crippen molar-refractivity contribution in [1.29, 1.82) is 0 Å². The Bertz CT molecular complexity index is 417. The predicted octanol–water partition coefficient (Wildman–Crippen LogP) is 3.24. The fourth-order valence-electron chi connectivity index (χ4n) is 1.02. The third kappa shape index (κ3) is 4.71. The summed E-state index contributed by atoms with van der Waals surface area (Å²) >= 11 is 0. The number of hydrogen-bond acceptors (Lipinski definition) is 2. The lowest BCUT2D eigenvalue weighted by molar-refractivity contribution is -0.159. The van der Waals surface area contributed by atoms with Gasteiger partial charge in [-0.05, 0) is 30.7 Å². The van der Waals surface area contributed by atoms with Gasteiger partial charge in [0, 0.05) is 5.69 Å². The predicted molar refractivity (Wildman–Crippen MR) is 52.2 cm³/mol. The molecule has 0 aliphatic rings. The van der Waals surface area contributed by atoms with Crippen molar-refractivity contribution in [3.63, 3.8) is 0 Å². The molecule has 0 bridgehead atoms. The molecule has 7 heteroatoms. The van der Waals surface area contributed by atoms with Gasteiger partial charge in [-0.3, -0.25) is 5.32 Å². The summed E-state index contributed by atoms with van der Waals surface area (Å²) in [6, 6.07) is 3.59. The number of amides is 1. The van der Waals surface area contributed by atoms with E-state index in [-0.39, 0.29) is 11.3 Å². The molecular formula is C10H9F4NO2. The molecule has 3 nitrogen and oxygen atoms in total. The minimum atomic E-state index is -4.57. The molecule has 1 N–H and O–H groups in total. The highest BCUT2D eigenvalue weighted by atomic mass is 19.4. The van der Waals surface area contributed by atoms with Gasteiger partial charge in [-0.2, -0.15) is 13.2 Å². The number of carbonyl (C=O) groups excluding carboxylic acids is 1. The molecule has 17 heavy (non-hydrogen) atoms. The lowest BCUT2D eigenvalue weighted by Gasteiger charge is -2.09. The van der Waals surface area contributed by atoms with Crippen LogP contribution in [0.3, 0.4) is 0 Å². The number of hydrogen-bond donors (Lipinski definition) is 1. The van der Waals surface area contributed by atoms with Gasteiger partial charge in [0.15, 0.2) is 6.61 Å². The second-order valence-electron chi connectivity index (χ2n) is 3.28. The summed E-state index contributed by atoms with van der Waals surface area (Å²) in [7, 11) is 0. The molecule has 1 rings (SSSR count). The molecule has 1 amide bonds. The van der Waals surface area contributed by atoms with E-state index < -0.39 is 24.7 Å². The summed E-state index contributed by atoms with van der Waals surface area (Å²) in [4.78, 5) is 10.9. The van der Waals surface area contributed by atoms with E-state index in [0.29, 0.717) is 0 Å². The third-order valence-corrected chi connectivity index (χ3v) is 1.77. The first-order valence-corrected chi connectivity index (χ1v) is 4.54. The molecule has 0 saturated carbocycles. The SMILES string of the molecule is Cc1cc(NC(=O)OCC(F)(F)F)ccc1F. The first-order valence-electron chi connectivity index (χ1n) is 4.54. The largest absolute Gasteiger partial charge is 0.440 e. The van der Waals surface area contributed by atoms with Crippen molar-refractivity contribution in [3.8, 4) is 0 Å². The number of alkyl halides is 3. The maximum atomic E-state index is 12.8. The van der Waals surface area contributed by atoms with E-state index in [2.05, 4.69) is 10.1 Å². The lowest BCUT2D eigenvalue weighted by Crippen LogP contribution is -2.23. The van der Waals surface area contributed by atoms with Crippen LogP contribution in [0.25, 0.3) is 0 Å². The number of benzene rings is 1. The van der Waals surface area contributed by atoms with Crippen LogP contribution in [0.5, 0.6) is 0 Å². The maximum absolute atomic E-state index is 12.8. The van der Waals surface area contributed by atoms with Gasteiger partial charge in [0.2, 0.25) is 0 Å². The van der Waals surface area contributed by atoms with Gasteiger partial charge in [-0.1, -0.05) is 0 Å². The van der Waals surface area contributed by atoms with Crippen LogP contribution < -0.4 is 5.32 Å². The second-order valence-corrected chi connectivity index (χ2v) is 3.28. The standard InChI is InChI=1S/C10H9F4NO2/c1-6-4-7(2-3-8(6)11)15-9(16)17-5-10(12,13)14/h2-4H,5H2,1H3,(H,15,16). The van der Waals surface area contributed by atoms with Gasteiger partial charge in [0.05, 0.1) is 0 Å². The molecule has 0 atom stereocenters. The molecule has 0 aromatic heterocycles. The van der Waals surface area contributed by atoms with E-state index in [0.717, 1.165) is 6.07 Å². The van der Waals surface area contributed by atoms with Gasteiger partial charge in [0.25, 0.3) is 0 Å². The van der Waals surface area contributed by atoms with Gasteiger partial charge in [-0.15, -0.1) is 0 Å². The first-order chi connectivity index (χ1) is 7.78. The fraction of sp³-hybridized carbons (Fsp3) is 0.300. The topological polar surface area (TPSA) is 38.3 Å². The van der Waals surface area contributed by atoms with Crippen molar-refractivity contribution in [3.05, 3.63) is 29.6 Å². The van der Waals surface area contributed by atoms with E-state index in [9.17, 15) is 22.4 Å². The second kappa shape index (κ2) is 5.03. The fourth-order valence-corrected chi connectivity index (χ4v) is 1.02. The summed E-state index contributed by atoms with van der Waals surface area (Å²) in [5.41, 5.74) is 0.426. The number of aryl methyl sites for hydroxylation is 1. The van der Waals surface area contributed by atoms with Gasteiger partial charge < -0.3 is 4.74 Å². The average Bonchev–Trinajstić information content (AvgIpc) is 2.20. The number of carbonyl (C=O) groups is 1. The molecule has 0 heterocycles. The minimum absolute atomic E-state index is 0.163. The Balaban J connectivity index is 2.54. The summed E-state index contributed by atoms with van der Waals surface area (Å²) in [6.07, 6.45) is -5.82. The Kier molecular flexibility index (Phi) is 3.93. The molecule has 0 saturated heterocycles. The molecule has 0 unspecified atom stereocenters. The van der Waals surface area contributed by atoms with E-state index >= 15 is 0 Å². The minimum Gasteiger partial charge on any atom is -0.440 e. The first kappa shape index (κ1) is 13.3. The average molecular weight is 251 g/mol. The zero-order valence-corrected chi connectivity index (χ0v) is 8.77. The normalized spacial score (nSPS) is 11.1. The maximum Gasteiger partial charge on any atom is 0.422 e. The van der Waals surface area contributed by atoms with Crippen molar-refractivity contribution < 1.29 is 27.1 Å². The molecule has 0 aliphatic heterocycles. The van der Waals surface area contributed by atoms with Crippen molar-refractivity contribution in [2.24, 2.45) is 0 Å². The number of ether oxygens (including phenoxy) is 1. The van der Waals surface area contributed by atoms with Crippen LogP contribution in [-0.2, 0) is 4.74 Å². The van der Waals surface area contributed by atoms with Crippen LogP contribution in [-0.4, -0.2) is 18.9 Å². The summed E-state index contributed by atoms with van der Waals surface area (Å²) in [6.45, 7) is -0.208. The highest BCUT2D eigenvalue weighted by molar-refractivity contribution is 5.84. The van der Waals surface area contributed by atoms with Crippen LogP contribution in [0, 0.1) is 12.7 Å². The molecule has 1 aromatic carbocycles. The third-order valence-electron chi connectivity index (χ3n) is 1.77. The highest BCUT2D eigenvalue weighted by Gasteiger charge is 2.29. The number of anilines is 1. The summed E-state index contributed by atoms with van der Waals surface area (Å²) in [5.74, 6) is -0.473. The number of nitrogens with one attached hydrogen (secondary N) is 1. The van der Waals surface area contributed by atoms with Crippen molar-refractivity contribution >= 4 is 11.8 Å². The monoisotopic (exact) mass is 251 g/mol.